The summed E-state index contributed by atoms with van der Waals surface area (Å²) in [5.41, 5.74) is 0.943. The van der Waals surface area contributed by atoms with Crippen molar-refractivity contribution >= 4 is 0 Å². The van der Waals surface area contributed by atoms with Crippen LogP contribution in [-0.2, 0) is 0 Å². The third kappa shape index (κ3) is 4.62. The number of hydrogen-bond donors (Lipinski definition) is 1. The third-order valence-corrected chi connectivity index (χ3v) is 2.27. The molecule has 0 aliphatic heterocycles. The van der Waals surface area contributed by atoms with Gasteiger partial charge >= 0.3 is 0 Å². The fourth-order valence-corrected chi connectivity index (χ4v) is 1.43. The van der Waals surface area contributed by atoms with Crippen LogP contribution in [0.2, 0.25) is 0 Å². The minimum absolute atomic E-state index is 0.168. The van der Waals surface area contributed by atoms with E-state index in [1.807, 2.05) is 19.1 Å². The summed E-state index contributed by atoms with van der Waals surface area (Å²) in [5.74, 6) is 1.55. The molecule has 0 spiro atoms. The van der Waals surface area contributed by atoms with Crippen molar-refractivity contribution in [2.75, 3.05) is 13.1 Å². The quantitative estimate of drug-likeness (QED) is 0.802. The molecule has 0 aliphatic carbocycles. The van der Waals surface area contributed by atoms with Gasteiger partial charge in [-0.05, 0) is 38.4 Å². The van der Waals surface area contributed by atoms with Crippen LogP contribution in [0.1, 0.15) is 26.5 Å². The summed E-state index contributed by atoms with van der Waals surface area (Å²) in [4.78, 5) is 4.20. The number of nitrogens with zero attached hydrogens (tertiary/aromatic N) is 1. The first-order valence-corrected chi connectivity index (χ1v) is 5.88. The van der Waals surface area contributed by atoms with Crippen LogP contribution in [0, 0.1) is 12.8 Å². The first kappa shape index (κ1) is 13.0. The molecule has 3 nitrogen and oxygen atoms in total. The van der Waals surface area contributed by atoms with Crippen molar-refractivity contribution in [3.05, 3.63) is 24.0 Å². The molecule has 0 bridgehead atoms. The van der Waals surface area contributed by atoms with Crippen molar-refractivity contribution in [3.63, 3.8) is 0 Å². The normalized spacial score (nSPS) is 12.8. The summed E-state index contributed by atoms with van der Waals surface area (Å²) in [6, 6.07) is 3.86. The second-order valence-electron chi connectivity index (χ2n) is 4.57. The van der Waals surface area contributed by atoms with E-state index in [2.05, 4.69) is 31.1 Å². The predicted octanol–water partition coefficient (Wildman–Crippen LogP) is 2.40. The Morgan fingerprint density at radius 1 is 1.31 bits per heavy atom. The van der Waals surface area contributed by atoms with E-state index in [1.165, 1.54) is 0 Å². The molecule has 1 heterocycles. The Hall–Kier alpha value is -1.09. The average molecular weight is 222 g/mol. The van der Waals surface area contributed by atoms with E-state index in [0.717, 1.165) is 24.5 Å². The Morgan fingerprint density at radius 2 is 2.06 bits per heavy atom. The van der Waals surface area contributed by atoms with Crippen molar-refractivity contribution in [2.24, 2.45) is 5.92 Å². The maximum atomic E-state index is 5.80. The summed E-state index contributed by atoms with van der Waals surface area (Å²) in [7, 11) is 0. The van der Waals surface area contributed by atoms with Gasteiger partial charge in [0.2, 0.25) is 0 Å². The summed E-state index contributed by atoms with van der Waals surface area (Å²) < 4.78 is 5.80. The molecule has 3 heteroatoms. The summed E-state index contributed by atoms with van der Waals surface area (Å²) >= 11 is 0. The van der Waals surface area contributed by atoms with Gasteiger partial charge < -0.3 is 10.1 Å². The SMILES string of the molecule is Cc1ncccc1OC(C)CNCC(C)C. The highest BCUT2D eigenvalue weighted by molar-refractivity contribution is 5.25. The number of hydrogen-bond acceptors (Lipinski definition) is 3. The molecule has 90 valence electrons. The lowest BCUT2D eigenvalue weighted by atomic mass is 10.2. The molecule has 0 radical (unpaired) electrons. The Bertz CT molecular complexity index is 313. The molecule has 0 aromatic carbocycles. The van der Waals surface area contributed by atoms with E-state index in [9.17, 15) is 0 Å². The lowest BCUT2D eigenvalue weighted by Gasteiger charge is -2.17. The number of ether oxygens (including phenoxy) is 1. The molecule has 16 heavy (non-hydrogen) atoms. The average Bonchev–Trinajstić information content (AvgIpc) is 2.21. The topological polar surface area (TPSA) is 34.1 Å². The molecule has 1 rings (SSSR count). The van der Waals surface area contributed by atoms with Gasteiger partial charge in [0.25, 0.3) is 0 Å². The monoisotopic (exact) mass is 222 g/mol. The van der Waals surface area contributed by atoms with Crippen molar-refractivity contribution in [1.82, 2.24) is 10.3 Å². The summed E-state index contributed by atoms with van der Waals surface area (Å²) in [6.07, 6.45) is 1.95. The van der Waals surface area contributed by atoms with Crippen LogP contribution in [0.3, 0.4) is 0 Å². The van der Waals surface area contributed by atoms with Gasteiger partial charge in [0, 0.05) is 12.7 Å². The minimum atomic E-state index is 0.168. The van der Waals surface area contributed by atoms with E-state index in [-0.39, 0.29) is 6.10 Å². The lowest BCUT2D eigenvalue weighted by molar-refractivity contribution is 0.213. The van der Waals surface area contributed by atoms with E-state index in [4.69, 9.17) is 4.74 Å². The van der Waals surface area contributed by atoms with Gasteiger partial charge in [0.15, 0.2) is 0 Å². The van der Waals surface area contributed by atoms with Crippen LogP contribution in [0.15, 0.2) is 18.3 Å². The van der Waals surface area contributed by atoms with Crippen LogP contribution >= 0.6 is 0 Å². The van der Waals surface area contributed by atoms with Gasteiger partial charge in [0.1, 0.15) is 11.9 Å². The number of aryl methyl sites for hydroxylation is 1. The Morgan fingerprint density at radius 3 is 2.69 bits per heavy atom. The van der Waals surface area contributed by atoms with Gasteiger partial charge in [-0.2, -0.15) is 0 Å². The second-order valence-corrected chi connectivity index (χ2v) is 4.57. The molecular formula is C13H22N2O. The van der Waals surface area contributed by atoms with Gasteiger partial charge in [-0.15, -0.1) is 0 Å². The molecule has 1 atom stereocenters. The van der Waals surface area contributed by atoms with Crippen LogP contribution in [0.25, 0.3) is 0 Å². The van der Waals surface area contributed by atoms with Gasteiger partial charge in [0.05, 0.1) is 5.69 Å². The standard InChI is InChI=1S/C13H22N2O/c1-10(2)8-14-9-11(3)16-13-6-5-7-15-12(13)4/h5-7,10-11,14H,8-9H2,1-4H3. The second kappa shape index (κ2) is 6.48. The molecule has 0 saturated heterocycles. The number of nitrogens with one attached hydrogen (secondary N) is 1. The first-order chi connectivity index (χ1) is 7.59. The molecule has 1 N–H and O–H groups in total. The number of aromatic nitrogens is 1. The smallest absolute Gasteiger partial charge is 0.140 e. The molecule has 0 aliphatic rings. The van der Waals surface area contributed by atoms with E-state index in [1.54, 1.807) is 6.20 Å². The van der Waals surface area contributed by atoms with Crippen LogP contribution in [-0.4, -0.2) is 24.2 Å². The fourth-order valence-electron chi connectivity index (χ4n) is 1.43. The zero-order valence-electron chi connectivity index (χ0n) is 10.7. The summed E-state index contributed by atoms with van der Waals surface area (Å²) in [5, 5.41) is 3.38. The zero-order valence-corrected chi connectivity index (χ0v) is 10.7. The largest absolute Gasteiger partial charge is 0.487 e. The molecule has 0 amide bonds. The fraction of sp³-hybridized carbons (Fsp3) is 0.615. The van der Waals surface area contributed by atoms with Crippen molar-refractivity contribution in [1.29, 1.82) is 0 Å². The highest BCUT2D eigenvalue weighted by Crippen LogP contribution is 2.14. The Balaban J connectivity index is 2.34. The van der Waals surface area contributed by atoms with Crippen molar-refractivity contribution in [2.45, 2.75) is 33.8 Å². The molecule has 0 fully saturated rings. The number of pyridine rings is 1. The van der Waals surface area contributed by atoms with Crippen molar-refractivity contribution in [3.8, 4) is 5.75 Å². The Labute approximate surface area is 98.2 Å². The van der Waals surface area contributed by atoms with Crippen LogP contribution in [0.4, 0.5) is 0 Å². The van der Waals surface area contributed by atoms with E-state index >= 15 is 0 Å². The van der Waals surface area contributed by atoms with Gasteiger partial charge in [-0.25, -0.2) is 0 Å². The van der Waals surface area contributed by atoms with Crippen molar-refractivity contribution < 1.29 is 4.74 Å². The van der Waals surface area contributed by atoms with E-state index < -0.39 is 0 Å². The van der Waals surface area contributed by atoms with Gasteiger partial charge in [-0.1, -0.05) is 13.8 Å². The third-order valence-electron chi connectivity index (χ3n) is 2.27. The molecule has 1 unspecified atom stereocenters. The van der Waals surface area contributed by atoms with Crippen LogP contribution in [0.5, 0.6) is 5.75 Å². The van der Waals surface area contributed by atoms with E-state index in [0.29, 0.717) is 5.92 Å². The predicted molar refractivity (Wildman–Crippen MR) is 66.8 cm³/mol. The first-order valence-electron chi connectivity index (χ1n) is 5.88. The lowest BCUT2D eigenvalue weighted by Crippen LogP contribution is -2.31. The summed E-state index contributed by atoms with van der Waals surface area (Å²) in [6.45, 7) is 10.3. The molecule has 1 aromatic rings. The van der Waals surface area contributed by atoms with Gasteiger partial charge in [-0.3, -0.25) is 4.98 Å². The zero-order chi connectivity index (χ0) is 12.0. The molecular weight excluding hydrogens is 200 g/mol. The van der Waals surface area contributed by atoms with Crippen LogP contribution < -0.4 is 10.1 Å². The highest BCUT2D eigenvalue weighted by Gasteiger charge is 2.06. The highest BCUT2D eigenvalue weighted by atomic mass is 16.5. The maximum absolute atomic E-state index is 5.80. The Kier molecular flexibility index (Phi) is 5.26. The number of rotatable bonds is 6. The molecule has 1 aromatic heterocycles. The maximum Gasteiger partial charge on any atom is 0.140 e. The molecule has 0 saturated carbocycles. The minimum Gasteiger partial charge on any atom is -0.487 e.